The molecule has 2 atom stereocenters. The molecule has 1 saturated heterocycles. The van der Waals surface area contributed by atoms with Crippen molar-refractivity contribution < 1.29 is 28.8 Å². The number of anilines is 1. The van der Waals surface area contributed by atoms with E-state index in [1.807, 2.05) is 0 Å². The lowest BCUT2D eigenvalue weighted by Gasteiger charge is -2.49. The predicted octanol–water partition coefficient (Wildman–Crippen LogP) is 3.84. The van der Waals surface area contributed by atoms with E-state index in [-0.39, 0.29) is 23.6 Å². The van der Waals surface area contributed by atoms with Crippen molar-refractivity contribution in [3.63, 3.8) is 0 Å². The molecule has 0 aromatic heterocycles. The van der Waals surface area contributed by atoms with E-state index in [2.05, 4.69) is 15.9 Å². The Labute approximate surface area is 205 Å². The van der Waals surface area contributed by atoms with Crippen LogP contribution in [0.4, 0.5) is 11.4 Å². The Morgan fingerprint density at radius 2 is 1.54 bits per heavy atom. The second kappa shape index (κ2) is 7.64. The summed E-state index contributed by atoms with van der Waals surface area (Å²) in [4.78, 5) is 52.9. The number of hydrogen-bond acceptors (Lipinski definition) is 7. The summed E-state index contributed by atoms with van der Waals surface area (Å²) in [7, 11) is 0. The van der Waals surface area contributed by atoms with Crippen molar-refractivity contribution >= 4 is 45.0 Å². The summed E-state index contributed by atoms with van der Waals surface area (Å²) in [6, 6.07) is 13.9. The third-order valence-electron chi connectivity index (χ3n) is 6.30. The number of hydrogen-bond donors (Lipinski definition) is 0. The average molecular weight is 536 g/mol. The molecule has 6 rings (SSSR count). The highest BCUT2D eigenvalue weighted by atomic mass is 79.9. The van der Waals surface area contributed by atoms with Gasteiger partial charge in [0.1, 0.15) is 6.04 Å². The van der Waals surface area contributed by atoms with Crippen LogP contribution in [0.25, 0.3) is 0 Å². The van der Waals surface area contributed by atoms with Gasteiger partial charge in [-0.2, -0.15) is 0 Å². The number of imide groups is 1. The minimum Gasteiger partial charge on any atom is -0.454 e. The van der Waals surface area contributed by atoms with Gasteiger partial charge in [-0.3, -0.25) is 29.4 Å². The maximum atomic E-state index is 13.5. The van der Waals surface area contributed by atoms with E-state index in [0.717, 1.165) is 15.4 Å². The first-order chi connectivity index (χ1) is 16.8. The third-order valence-corrected chi connectivity index (χ3v) is 6.83. The molecule has 0 bridgehead atoms. The Hall–Kier alpha value is -4.25. The topological polar surface area (TPSA) is 119 Å². The van der Waals surface area contributed by atoms with Crippen LogP contribution in [0, 0.1) is 10.1 Å². The molecule has 35 heavy (non-hydrogen) atoms. The van der Waals surface area contributed by atoms with Gasteiger partial charge in [-0.25, -0.2) is 0 Å². The number of carbonyl (C=O) groups is 3. The Morgan fingerprint density at radius 3 is 2.29 bits per heavy atom. The highest BCUT2D eigenvalue weighted by Gasteiger charge is 2.57. The lowest BCUT2D eigenvalue weighted by atomic mass is 9.86. The van der Waals surface area contributed by atoms with Gasteiger partial charge in [0.05, 0.1) is 22.1 Å². The van der Waals surface area contributed by atoms with Crippen molar-refractivity contribution in [1.29, 1.82) is 0 Å². The van der Waals surface area contributed by atoms with Crippen LogP contribution in [0.15, 0.2) is 65.1 Å². The molecule has 0 radical (unpaired) electrons. The van der Waals surface area contributed by atoms with Gasteiger partial charge in [-0.05, 0) is 48.0 Å². The minimum atomic E-state index is -1.13. The Bertz CT molecular complexity index is 1460. The number of fused-ring (bicyclic) bond motifs is 2. The fourth-order valence-electron chi connectivity index (χ4n) is 4.66. The molecule has 174 valence electrons. The number of halogens is 1. The summed E-state index contributed by atoms with van der Waals surface area (Å²) in [6.45, 7) is 0.0689. The van der Waals surface area contributed by atoms with Crippen LogP contribution in [0.5, 0.6) is 11.5 Å². The van der Waals surface area contributed by atoms with E-state index < -0.39 is 34.7 Å². The van der Waals surface area contributed by atoms with E-state index in [1.54, 1.807) is 42.5 Å². The molecular formula is C24H14BrN3O7. The van der Waals surface area contributed by atoms with E-state index in [0.29, 0.717) is 22.7 Å². The zero-order chi connectivity index (χ0) is 24.4. The summed E-state index contributed by atoms with van der Waals surface area (Å²) < 4.78 is 11.7. The summed E-state index contributed by atoms with van der Waals surface area (Å²) in [5, 5.41) is 11.2. The maximum Gasteiger partial charge on any atom is 0.270 e. The van der Waals surface area contributed by atoms with Gasteiger partial charge in [0, 0.05) is 22.3 Å². The largest absolute Gasteiger partial charge is 0.454 e. The highest BCUT2D eigenvalue weighted by Crippen LogP contribution is 2.46. The minimum absolute atomic E-state index is 0.0277. The number of carbonyl (C=O) groups excluding carboxylic acids is 3. The SMILES string of the molecule is O=C1c2ccc([N+](=O)[O-])cc2C(=O)N1[C@@H]1C(=O)N(c2ccc(Br)cc2)[C@H]1c1ccc2c(c1)OCO2. The van der Waals surface area contributed by atoms with Gasteiger partial charge in [-0.1, -0.05) is 22.0 Å². The first-order valence-electron chi connectivity index (χ1n) is 10.5. The molecule has 11 heteroatoms. The molecule has 0 spiro atoms. The van der Waals surface area contributed by atoms with Crippen LogP contribution >= 0.6 is 15.9 Å². The number of nitro benzene ring substituents is 1. The second-order valence-electron chi connectivity index (χ2n) is 8.15. The lowest BCUT2D eigenvalue weighted by molar-refractivity contribution is -0.384. The zero-order valence-electron chi connectivity index (χ0n) is 17.7. The summed E-state index contributed by atoms with van der Waals surface area (Å²) >= 11 is 3.38. The number of β-lactam (4-membered cyclic amide) rings is 1. The molecule has 3 aromatic rings. The van der Waals surface area contributed by atoms with E-state index in [1.165, 1.54) is 17.0 Å². The maximum absolute atomic E-state index is 13.5. The van der Waals surface area contributed by atoms with Crippen molar-refractivity contribution in [1.82, 2.24) is 4.90 Å². The molecule has 0 aliphatic carbocycles. The smallest absolute Gasteiger partial charge is 0.270 e. The zero-order valence-corrected chi connectivity index (χ0v) is 19.3. The molecule has 10 nitrogen and oxygen atoms in total. The fourth-order valence-corrected chi connectivity index (χ4v) is 4.92. The van der Waals surface area contributed by atoms with Crippen molar-refractivity contribution in [2.75, 3.05) is 11.7 Å². The fraction of sp³-hybridized carbons (Fsp3) is 0.125. The second-order valence-corrected chi connectivity index (χ2v) is 9.07. The molecule has 3 heterocycles. The summed E-state index contributed by atoms with van der Waals surface area (Å²) in [6.07, 6.45) is 0. The Balaban J connectivity index is 1.43. The number of nitro groups is 1. The van der Waals surface area contributed by atoms with Gasteiger partial charge >= 0.3 is 0 Å². The van der Waals surface area contributed by atoms with Crippen molar-refractivity contribution in [2.45, 2.75) is 12.1 Å². The van der Waals surface area contributed by atoms with Crippen molar-refractivity contribution in [3.05, 3.63) is 91.9 Å². The number of amides is 3. The van der Waals surface area contributed by atoms with Gasteiger partial charge < -0.3 is 14.4 Å². The first kappa shape index (κ1) is 21.3. The van der Waals surface area contributed by atoms with E-state index >= 15 is 0 Å². The lowest BCUT2D eigenvalue weighted by Crippen LogP contribution is -2.67. The molecule has 0 N–H and O–H groups in total. The van der Waals surface area contributed by atoms with Crippen molar-refractivity contribution in [3.8, 4) is 11.5 Å². The predicted molar refractivity (Wildman–Crippen MR) is 124 cm³/mol. The number of ether oxygens (including phenoxy) is 2. The van der Waals surface area contributed by atoms with Gasteiger partial charge in [-0.15, -0.1) is 0 Å². The molecule has 3 aliphatic heterocycles. The van der Waals surface area contributed by atoms with Gasteiger partial charge in [0.15, 0.2) is 11.5 Å². The number of rotatable bonds is 4. The number of nitrogens with zero attached hydrogens (tertiary/aromatic N) is 3. The molecule has 3 aromatic carbocycles. The normalized spacial score (nSPS) is 20.2. The Kier molecular flexibility index (Phi) is 4.65. The van der Waals surface area contributed by atoms with Crippen LogP contribution < -0.4 is 14.4 Å². The first-order valence-corrected chi connectivity index (χ1v) is 11.3. The van der Waals surface area contributed by atoms with Gasteiger partial charge in [0.2, 0.25) is 6.79 Å². The van der Waals surface area contributed by atoms with Gasteiger partial charge in [0.25, 0.3) is 23.4 Å². The van der Waals surface area contributed by atoms with Crippen LogP contribution in [0.3, 0.4) is 0 Å². The monoisotopic (exact) mass is 535 g/mol. The number of non-ortho nitro benzene ring substituents is 1. The third kappa shape index (κ3) is 3.12. The van der Waals surface area contributed by atoms with Crippen LogP contribution in [0.1, 0.15) is 32.3 Å². The molecule has 0 saturated carbocycles. The average Bonchev–Trinajstić information content (AvgIpc) is 3.41. The van der Waals surface area contributed by atoms with Crippen LogP contribution in [-0.4, -0.2) is 40.4 Å². The Morgan fingerprint density at radius 1 is 0.829 bits per heavy atom. The molecule has 3 amide bonds. The molecule has 0 unspecified atom stereocenters. The van der Waals surface area contributed by atoms with Crippen molar-refractivity contribution in [2.24, 2.45) is 0 Å². The summed E-state index contributed by atoms with van der Waals surface area (Å²) in [5.74, 6) is -0.805. The van der Waals surface area contributed by atoms with E-state index in [4.69, 9.17) is 9.47 Å². The van der Waals surface area contributed by atoms with E-state index in [9.17, 15) is 24.5 Å². The number of benzene rings is 3. The standard InChI is InChI=1S/C24H14BrN3O7/c25-13-2-4-14(5-3-13)26-20(12-1-8-18-19(9-12)35-11-34-18)21(24(26)31)27-22(29)16-7-6-15(28(32)33)10-17(16)23(27)30/h1-10,20-21H,11H2/t20-,21-/m0/s1. The summed E-state index contributed by atoms with van der Waals surface area (Å²) in [5.41, 5.74) is 0.854. The quantitative estimate of drug-likeness (QED) is 0.215. The van der Waals surface area contributed by atoms with Crippen LogP contribution in [-0.2, 0) is 4.79 Å². The molecule has 1 fully saturated rings. The molecular weight excluding hydrogens is 522 g/mol. The van der Waals surface area contributed by atoms with Crippen LogP contribution in [0.2, 0.25) is 0 Å². The molecule has 3 aliphatic rings. The highest BCUT2D eigenvalue weighted by molar-refractivity contribution is 9.10.